The summed E-state index contributed by atoms with van der Waals surface area (Å²) in [7, 11) is -3.84. The highest BCUT2D eigenvalue weighted by atomic mass is 32.2. The van der Waals surface area contributed by atoms with Crippen molar-refractivity contribution in [3.05, 3.63) is 70.8 Å². The van der Waals surface area contributed by atoms with Crippen molar-refractivity contribution in [1.29, 1.82) is 0 Å². The first-order chi connectivity index (χ1) is 17.5. The number of hydrogen-bond acceptors (Lipinski definition) is 6. The zero-order valence-electron chi connectivity index (χ0n) is 20.8. The predicted molar refractivity (Wildman–Crippen MR) is 132 cm³/mol. The molecule has 4 rings (SSSR count). The van der Waals surface area contributed by atoms with Crippen LogP contribution in [-0.2, 0) is 31.7 Å². The predicted octanol–water partition coefficient (Wildman–Crippen LogP) is 2.45. The van der Waals surface area contributed by atoms with Crippen LogP contribution in [0, 0.1) is 11.6 Å². The number of rotatable bonds is 8. The van der Waals surface area contributed by atoms with E-state index >= 15 is 8.78 Å². The van der Waals surface area contributed by atoms with Gasteiger partial charge in [0.05, 0.1) is 26.3 Å². The third kappa shape index (κ3) is 5.42. The normalized spacial score (nSPS) is 23.9. The number of ether oxygens (including phenoxy) is 1. The van der Waals surface area contributed by atoms with Gasteiger partial charge >= 0.3 is 0 Å². The number of amides is 1. The molecule has 2 aliphatic rings. The summed E-state index contributed by atoms with van der Waals surface area (Å²) in [6.45, 7) is 1.76. The molecule has 2 N–H and O–H groups in total. The summed E-state index contributed by atoms with van der Waals surface area (Å²) < 4.78 is 64.7. The van der Waals surface area contributed by atoms with E-state index in [9.17, 15) is 18.3 Å². The molecule has 0 bridgehead atoms. The number of nitrogens with zero attached hydrogens (tertiary/aromatic N) is 2. The van der Waals surface area contributed by atoms with Crippen molar-refractivity contribution in [3.8, 4) is 0 Å². The number of aliphatic hydroxyl groups is 2. The van der Waals surface area contributed by atoms with Crippen LogP contribution in [0.5, 0.6) is 0 Å². The Bertz CT molecular complexity index is 1240. The van der Waals surface area contributed by atoms with E-state index in [4.69, 9.17) is 9.84 Å². The van der Waals surface area contributed by atoms with Crippen molar-refractivity contribution < 1.29 is 36.9 Å². The van der Waals surface area contributed by atoms with Gasteiger partial charge in [0.1, 0.15) is 28.6 Å². The molecule has 2 fully saturated rings. The fourth-order valence-corrected chi connectivity index (χ4v) is 7.21. The molecule has 0 radical (unpaired) electrons. The number of carbonyl (C=O) groups excluding carboxylic acids is 1. The Balaban J connectivity index is 1.62. The van der Waals surface area contributed by atoms with E-state index in [-0.39, 0.29) is 43.3 Å². The monoisotopic (exact) mass is 538 g/mol. The first kappa shape index (κ1) is 27.6. The van der Waals surface area contributed by atoms with Crippen molar-refractivity contribution >= 4 is 15.9 Å². The van der Waals surface area contributed by atoms with Gasteiger partial charge in [-0.3, -0.25) is 4.79 Å². The van der Waals surface area contributed by atoms with Gasteiger partial charge in [-0.2, -0.15) is 4.31 Å². The summed E-state index contributed by atoms with van der Waals surface area (Å²) in [4.78, 5) is 13.1. The Labute approximate surface area is 215 Å². The van der Waals surface area contributed by atoms with Crippen LogP contribution < -0.4 is 0 Å². The van der Waals surface area contributed by atoms with Gasteiger partial charge in [0.25, 0.3) is 0 Å². The molecule has 37 heavy (non-hydrogen) atoms. The SMILES string of the molecule is CC(=O)N1CC(OCC(O)CO)(c2cc(F)c(CN3C(C)CCC(c4ccccc4)S3(=O)=O)cc2F)C1. The first-order valence-electron chi connectivity index (χ1n) is 12.2. The first-order valence-corrected chi connectivity index (χ1v) is 13.7. The molecule has 11 heteroatoms. The van der Waals surface area contributed by atoms with Gasteiger partial charge in [-0.1, -0.05) is 30.3 Å². The van der Waals surface area contributed by atoms with E-state index in [0.717, 1.165) is 12.1 Å². The van der Waals surface area contributed by atoms with Crippen molar-refractivity contribution in [2.75, 3.05) is 26.3 Å². The molecular formula is C26H32F2N2O6S. The molecule has 1 amide bonds. The maximum Gasteiger partial charge on any atom is 0.221 e. The molecule has 0 aliphatic carbocycles. The fourth-order valence-electron chi connectivity index (χ4n) is 5.02. The van der Waals surface area contributed by atoms with Gasteiger partial charge in [0.15, 0.2) is 0 Å². The zero-order valence-corrected chi connectivity index (χ0v) is 21.6. The quantitative estimate of drug-likeness (QED) is 0.535. The smallest absolute Gasteiger partial charge is 0.221 e. The number of halogens is 2. The number of likely N-dealkylation sites (tertiary alicyclic amines) is 1. The molecule has 2 saturated heterocycles. The van der Waals surface area contributed by atoms with Crippen LogP contribution in [0.1, 0.15) is 48.6 Å². The van der Waals surface area contributed by atoms with E-state index in [1.807, 2.05) is 0 Å². The molecule has 8 nitrogen and oxygen atoms in total. The van der Waals surface area contributed by atoms with E-state index < -0.39 is 51.3 Å². The summed E-state index contributed by atoms with van der Waals surface area (Å²) in [5, 5.41) is 18.0. The lowest BCUT2D eigenvalue weighted by Gasteiger charge is -2.50. The Kier molecular flexibility index (Phi) is 8.01. The molecule has 2 aliphatic heterocycles. The topological polar surface area (TPSA) is 107 Å². The minimum Gasteiger partial charge on any atom is -0.394 e. The number of sulfonamides is 1. The summed E-state index contributed by atoms with van der Waals surface area (Å²) in [6.07, 6.45) is -0.211. The van der Waals surface area contributed by atoms with Crippen molar-refractivity contribution in [2.24, 2.45) is 0 Å². The van der Waals surface area contributed by atoms with Gasteiger partial charge in [0.2, 0.25) is 15.9 Å². The van der Waals surface area contributed by atoms with Gasteiger partial charge in [-0.05, 0) is 37.5 Å². The number of benzene rings is 2. The highest BCUT2D eigenvalue weighted by Gasteiger charge is 2.49. The minimum absolute atomic E-state index is 0.0491. The Morgan fingerprint density at radius 1 is 1.16 bits per heavy atom. The summed E-state index contributed by atoms with van der Waals surface area (Å²) in [5.74, 6) is -1.87. The lowest BCUT2D eigenvalue weighted by molar-refractivity contribution is -0.181. The lowest BCUT2D eigenvalue weighted by Crippen LogP contribution is -2.63. The molecule has 0 aromatic heterocycles. The summed E-state index contributed by atoms with van der Waals surface area (Å²) in [6, 6.07) is 10.4. The molecular weight excluding hydrogens is 506 g/mol. The number of aliphatic hydroxyl groups excluding tert-OH is 2. The van der Waals surface area contributed by atoms with Crippen LogP contribution in [0.2, 0.25) is 0 Å². The van der Waals surface area contributed by atoms with E-state index in [0.29, 0.717) is 18.4 Å². The minimum atomic E-state index is -3.84. The van der Waals surface area contributed by atoms with Crippen LogP contribution in [0.15, 0.2) is 42.5 Å². The second kappa shape index (κ2) is 10.7. The van der Waals surface area contributed by atoms with Crippen molar-refractivity contribution in [2.45, 2.75) is 56.2 Å². The van der Waals surface area contributed by atoms with Crippen molar-refractivity contribution in [1.82, 2.24) is 9.21 Å². The van der Waals surface area contributed by atoms with Crippen LogP contribution in [0.4, 0.5) is 8.78 Å². The van der Waals surface area contributed by atoms with E-state index in [1.54, 1.807) is 37.3 Å². The van der Waals surface area contributed by atoms with Gasteiger partial charge in [-0.15, -0.1) is 0 Å². The van der Waals surface area contributed by atoms with E-state index in [1.165, 1.54) is 16.1 Å². The van der Waals surface area contributed by atoms with E-state index in [2.05, 4.69) is 0 Å². The molecule has 0 saturated carbocycles. The van der Waals surface area contributed by atoms with Gasteiger partial charge in [0, 0.05) is 30.6 Å². The number of carbonyl (C=O) groups is 1. The maximum atomic E-state index is 15.4. The molecule has 2 heterocycles. The largest absolute Gasteiger partial charge is 0.394 e. The Morgan fingerprint density at radius 2 is 1.84 bits per heavy atom. The second-order valence-corrected chi connectivity index (χ2v) is 11.9. The Hall–Kier alpha value is -2.44. The fraction of sp³-hybridized carbons (Fsp3) is 0.500. The standard InChI is InChI=1S/C26H32F2N2O6S/c1-17-8-9-25(19-6-4-3-5-7-19)37(34,35)30(17)12-20-10-24(28)22(11-23(20)27)26(36-14-21(33)13-31)15-29(16-26)18(2)32/h3-7,10-11,17,21,25,31,33H,8-9,12-16H2,1-2H3. The summed E-state index contributed by atoms with van der Waals surface area (Å²) >= 11 is 0. The number of hydrogen-bond donors (Lipinski definition) is 2. The average molecular weight is 539 g/mol. The molecule has 202 valence electrons. The summed E-state index contributed by atoms with van der Waals surface area (Å²) in [5.41, 5.74) is -0.980. The molecule has 2 aromatic carbocycles. The van der Waals surface area contributed by atoms with Crippen LogP contribution >= 0.6 is 0 Å². The molecule has 3 unspecified atom stereocenters. The van der Waals surface area contributed by atoms with Crippen molar-refractivity contribution in [3.63, 3.8) is 0 Å². The third-order valence-electron chi connectivity index (χ3n) is 7.25. The van der Waals surface area contributed by atoms with Gasteiger partial charge < -0.3 is 19.8 Å². The van der Waals surface area contributed by atoms with Crippen LogP contribution in [-0.4, -0.2) is 72.2 Å². The van der Waals surface area contributed by atoms with Gasteiger partial charge in [-0.25, -0.2) is 17.2 Å². The highest BCUT2D eigenvalue weighted by molar-refractivity contribution is 7.89. The van der Waals surface area contributed by atoms with Crippen LogP contribution in [0.3, 0.4) is 0 Å². The molecule has 2 aromatic rings. The molecule has 0 spiro atoms. The maximum absolute atomic E-state index is 15.4. The second-order valence-electron chi connectivity index (χ2n) is 9.86. The van der Waals surface area contributed by atoms with Crippen LogP contribution in [0.25, 0.3) is 0 Å². The average Bonchev–Trinajstić information content (AvgIpc) is 2.83. The highest BCUT2D eigenvalue weighted by Crippen LogP contribution is 2.41. The Morgan fingerprint density at radius 3 is 2.46 bits per heavy atom. The lowest BCUT2D eigenvalue weighted by atomic mass is 9.84. The molecule has 3 atom stereocenters. The third-order valence-corrected chi connectivity index (χ3v) is 9.62. The zero-order chi connectivity index (χ0) is 27.0.